The van der Waals surface area contributed by atoms with Crippen LogP contribution in [0.4, 0.5) is 0 Å². The Kier molecular flexibility index (Phi) is 2.52. The number of benzene rings is 1. The third-order valence-corrected chi connectivity index (χ3v) is 3.10. The maximum Gasteiger partial charge on any atom is 0.0258 e. The van der Waals surface area contributed by atoms with Crippen LogP contribution < -0.4 is 0 Å². The van der Waals surface area contributed by atoms with Crippen molar-refractivity contribution in [3.63, 3.8) is 0 Å². The Bertz CT molecular complexity index is 409. The minimum absolute atomic E-state index is 0.517. The van der Waals surface area contributed by atoms with E-state index in [4.69, 9.17) is 0 Å². The van der Waals surface area contributed by atoms with Crippen LogP contribution in [-0.4, -0.2) is 0 Å². The van der Waals surface area contributed by atoms with Crippen LogP contribution in [0.1, 0.15) is 36.5 Å². The van der Waals surface area contributed by atoms with E-state index < -0.39 is 0 Å². The van der Waals surface area contributed by atoms with E-state index in [0.717, 1.165) is 0 Å². The molecule has 0 N–H and O–H groups in total. The van der Waals surface area contributed by atoms with Gasteiger partial charge in [0.2, 0.25) is 0 Å². The Morgan fingerprint density at radius 3 is 1.67 bits per heavy atom. The van der Waals surface area contributed by atoms with Gasteiger partial charge in [0.1, 0.15) is 0 Å². The number of aryl methyl sites for hydroxylation is 2. The summed E-state index contributed by atoms with van der Waals surface area (Å²) in [4.78, 5) is 0. The van der Waals surface area contributed by atoms with Crippen LogP contribution in [0.15, 0.2) is 41.5 Å². The fourth-order valence-electron chi connectivity index (χ4n) is 2.52. The summed E-state index contributed by atoms with van der Waals surface area (Å²) < 4.78 is 0. The summed E-state index contributed by atoms with van der Waals surface area (Å²) in [6, 6.07) is 6.84. The number of allylic oxidation sites excluding steroid dienone is 4. The lowest BCUT2D eigenvalue weighted by molar-refractivity contribution is 0.938. The third kappa shape index (κ3) is 1.90. The second-order valence-electron chi connectivity index (χ2n) is 4.68. The molecule has 1 aromatic rings. The summed E-state index contributed by atoms with van der Waals surface area (Å²) in [5.41, 5.74) is 7.07. The fraction of sp³-hybridized carbons (Fsp3) is 0.333. The molecule has 0 spiro atoms. The lowest BCUT2D eigenvalue weighted by Crippen LogP contribution is -1.99. The average molecular weight is 198 g/mol. The van der Waals surface area contributed by atoms with Crippen molar-refractivity contribution in [2.75, 3.05) is 0 Å². The van der Waals surface area contributed by atoms with Gasteiger partial charge < -0.3 is 0 Å². The zero-order valence-electron chi connectivity index (χ0n) is 9.96. The highest BCUT2D eigenvalue weighted by molar-refractivity contribution is 5.46. The van der Waals surface area contributed by atoms with Gasteiger partial charge in [0.05, 0.1) is 0 Å². The summed E-state index contributed by atoms with van der Waals surface area (Å²) in [5.74, 6) is 0.517. The van der Waals surface area contributed by atoms with E-state index in [-0.39, 0.29) is 0 Å². The summed E-state index contributed by atoms with van der Waals surface area (Å²) in [5, 5.41) is 0. The van der Waals surface area contributed by atoms with Crippen molar-refractivity contribution in [3.8, 4) is 0 Å². The standard InChI is InChI=1S/C15H18/c1-10-7-11(2)9-14(8-10)15-12(3)5-6-13(15)4/h5-9,15H,1-4H3. The van der Waals surface area contributed by atoms with Crippen LogP contribution in [0.3, 0.4) is 0 Å². The van der Waals surface area contributed by atoms with Crippen LogP contribution in [0.5, 0.6) is 0 Å². The minimum atomic E-state index is 0.517. The second kappa shape index (κ2) is 3.69. The SMILES string of the molecule is CC1=CC=C(C)C1c1cc(C)cc(C)c1. The lowest BCUT2D eigenvalue weighted by atomic mass is 9.88. The molecule has 0 fully saturated rings. The quantitative estimate of drug-likeness (QED) is 0.631. The maximum absolute atomic E-state index is 2.30. The van der Waals surface area contributed by atoms with Gasteiger partial charge in [-0.05, 0) is 33.3 Å². The van der Waals surface area contributed by atoms with E-state index in [2.05, 4.69) is 58.0 Å². The minimum Gasteiger partial charge on any atom is -0.0624 e. The van der Waals surface area contributed by atoms with Crippen molar-refractivity contribution in [2.24, 2.45) is 0 Å². The largest absolute Gasteiger partial charge is 0.0624 e. The van der Waals surface area contributed by atoms with Gasteiger partial charge in [-0.3, -0.25) is 0 Å². The fourth-order valence-corrected chi connectivity index (χ4v) is 2.52. The summed E-state index contributed by atoms with van der Waals surface area (Å²) in [6.45, 7) is 8.78. The van der Waals surface area contributed by atoms with Crippen LogP contribution in [0, 0.1) is 13.8 Å². The maximum atomic E-state index is 2.30. The van der Waals surface area contributed by atoms with Gasteiger partial charge in [-0.1, -0.05) is 52.6 Å². The first kappa shape index (κ1) is 10.2. The zero-order valence-corrected chi connectivity index (χ0v) is 9.96. The molecule has 0 radical (unpaired) electrons. The first-order valence-electron chi connectivity index (χ1n) is 5.51. The van der Waals surface area contributed by atoms with Gasteiger partial charge in [0.15, 0.2) is 0 Å². The molecule has 1 aromatic carbocycles. The van der Waals surface area contributed by atoms with E-state index >= 15 is 0 Å². The van der Waals surface area contributed by atoms with Crippen molar-refractivity contribution in [3.05, 3.63) is 58.2 Å². The van der Waals surface area contributed by atoms with E-state index in [1.54, 1.807) is 0 Å². The smallest absolute Gasteiger partial charge is 0.0258 e. The first-order valence-corrected chi connectivity index (χ1v) is 5.51. The Balaban J connectivity index is 2.46. The molecule has 0 aliphatic heterocycles. The molecule has 0 saturated carbocycles. The van der Waals surface area contributed by atoms with Gasteiger partial charge in [-0.15, -0.1) is 0 Å². The van der Waals surface area contributed by atoms with E-state index in [1.807, 2.05) is 0 Å². The highest BCUT2D eigenvalue weighted by atomic mass is 14.2. The van der Waals surface area contributed by atoms with Gasteiger partial charge in [-0.25, -0.2) is 0 Å². The summed E-state index contributed by atoms with van der Waals surface area (Å²) >= 11 is 0. The molecule has 0 heterocycles. The zero-order chi connectivity index (χ0) is 11.0. The molecule has 0 unspecified atom stereocenters. The van der Waals surface area contributed by atoms with Crippen molar-refractivity contribution < 1.29 is 0 Å². The van der Waals surface area contributed by atoms with Crippen LogP contribution in [0.2, 0.25) is 0 Å². The molecular weight excluding hydrogens is 180 g/mol. The Morgan fingerprint density at radius 1 is 0.733 bits per heavy atom. The molecule has 2 rings (SSSR count). The Morgan fingerprint density at radius 2 is 1.20 bits per heavy atom. The van der Waals surface area contributed by atoms with Gasteiger partial charge in [0.25, 0.3) is 0 Å². The van der Waals surface area contributed by atoms with Crippen LogP contribution in [0.25, 0.3) is 0 Å². The van der Waals surface area contributed by atoms with Crippen molar-refractivity contribution in [2.45, 2.75) is 33.6 Å². The summed E-state index contributed by atoms with van der Waals surface area (Å²) in [6.07, 6.45) is 4.47. The lowest BCUT2D eigenvalue weighted by Gasteiger charge is -2.16. The molecule has 0 aromatic heterocycles. The number of rotatable bonds is 1. The predicted molar refractivity (Wildman–Crippen MR) is 66.2 cm³/mol. The third-order valence-electron chi connectivity index (χ3n) is 3.10. The Hall–Kier alpha value is -1.30. The normalized spacial score (nSPS) is 16.5. The molecule has 15 heavy (non-hydrogen) atoms. The van der Waals surface area contributed by atoms with Gasteiger partial charge in [-0.2, -0.15) is 0 Å². The molecule has 0 atom stereocenters. The number of hydrogen-bond acceptors (Lipinski definition) is 0. The van der Waals surface area contributed by atoms with Gasteiger partial charge in [0, 0.05) is 5.92 Å². The molecule has 78 valence electrons. The highest BCUT2D eigenvalue weighted by Crippen LogP contribution is 2.36. The molecule has 0 bridgehead atoms. The predicted octanol–water partition coefficient (Wildman–Crippen LogP) is 4.29. The molecule has 0 saturated heterocycles. The first-order chi connectivity index (χ1) is 7.08. The molecule has 1 aliphatic carbocycles. The van der Waals surface area contributed by atoms with Crippen molar-refractivity contribution in [1.29, 1.82) is 0 Å². The van der Waals surface area contributed by atoms with Crippen LogP contribution in [-0.2, 0) is 0 Å². The number of hydrogen-bond donors (Lipinski definition) is 0. The second-order valence-corrected chi connectivity index (χ2v) is 4.68. The van der Waals surface area contributed by atoms with E-state index in [9.17, 15) is 0 Å². The topological polar surface area (TPSA) is 0 Å². The van der Waals surface area contributed by atoms with Gasteiger partial charge >= 0.3 is 0 Å². The van der Waals surface area contributed by atoms with E-state index in [1.165, 1.54) is 27.8 Å². The summed E-state index contributed by atoms with van der Waals surface area (Å²) in [7, 11) is 0. The van der Waals surface area contributed by atoms with Crippen molar-refractivity contribution >= 4 is 0 Å². The monoisotopic (exact) mass is 198 g/mol. The highest BCUT2D eigenvalue weighted by Gasteiger charge is 2.18. The van der Waals surface area contributed by atoms with Crippen molar-refractivity contribution in [1.82, 2.24) is 0 Å². The molecule has 0 nitrogen and oxygen atoms in total. The average Bonchev–Trinajstić information content (AvgIpc) is 2.44. The molecular formula is C15H18. The van der Waals surface area contributed by atoms with Crippen LogP contribution >= 0.6 is 0 Å². The molecule has 0 heteroatoms. The molecule has 0 amide bonds. The molecule has 1 aliphatic rings. The van der Waals surface area contributed by atoms with E-state index in [0.29, 0.717) is 5.92 Å². The Labute approximate surface area is 92.3 Å².